The number of nitrogens with one attached hydrogen (secondary N) is 2. The van der Waals surface area contributed by atoms with Crippen LogP contribution in [0.5, 0.6) is 0 Å². The van der Waals surface area contributed by atoms with E-state index in [1.54, 1.807) is 6.92 Å². The first kappa shape index (κ1) is 18.0. The second-order valence-electron chi connectivity index (χ2n) is 4.67. The normalized spacial score (nSPS) is 19.8. The van der Waals surface area contributed by atoms with Gasteiger partial charge in [-0.1, -0.05) is 23.9 Å². The van der Waals surface area contributed by atoms with E-state index in [0.717, 1.165) is 23.9 Å². The lowest BCUT2D eigenvalue weighted by atomic mass is 10.1. The number of alkyl halides is 3. The van der Waals surface area contributed by atoms with E-state index in [0.29, 0.717) is 0 Å². The van der Waals surface area contributed by atoms with Crippen LogP contribution in [-0.2, 0) is 15.8 Å². The van der Waals surface area contributed by atoms with Gasteiger partial charge in [0.1, 0.15) is 5.25 Å². The van der Waals surface area contributed by atoms with Crippen molar-refractivity contribution < 1.29 is 22.8 Å². The Labute approximate surface area is 139 Å². The lowest BCUT2D eigenvalue weighted by Gasteiger charge is -2.14. The number of carbonyl (C=O) groups is 2. The zero-order valence-corrected chi connectivity index (χ0v) is 13.2. The highest BCUT2D eigenvalue weighted by Crippen LogP contribution is 2.34. The first-order valence-electron chi connectivity index (χ1n) is 6.80. The summed E-state index contributed by atoms with van der Waals surface area (Å²) < 4.78 is 38.7. The molecule has 1 atom stereocenters. The molecule has 2 rings (SSSR count). The van der Waals surface area contributed by atoms with Gasteiger partial charge in [-0.25, -0.2) is 0 Å². The summed E-state index contributed by atoms with van der Waals surface area (Å²) in [4.78, 5) is 23.7. The van der Waals surface area contributed by atoms with E-state index in [2.05, 4.69) is 20.8 Å². The molecule has 0 spiro atoms. The summed E-state index contributed by atoms with van der Waals surface area (Å²) in [6, 6.07) is 4.65. The van der Waals surface area contributed by atoms with E-state index in [-0.39, 0.29) is 17.3 Å². The van der Waals surface area contributed by atoms with Crippen molar-refractivity contribution in [1.29, 1.82) is 0 Å². The zero-order valence-electron chi connectivity index (χ0n) is 12.4. The highest BCUT2D eigenvalue weighted by Gasteiger charge is 2.35. The van der Waals surface area contributed by atoms with Crippen molar-refractivity contribution in [3.63, 3.8) is 0 Å². The molecule has 2 N–H and O–H groups in total. The van der Waals surface area contributed by atoms with Crippen molar-refractivity contribution in [2.45, 2.75) is 24.8 Å². The van der Waals surface area contributed by atoms with Gasteiger partial charge in [0, 0.05) is 12.6 Å². The number of amidine groups is 1. The molecule has 1 saturated heterocycles. The Morgan fingerprint density at radius 1 is 1.42 bits per heavy atom. The Hall–Kier alpha value is -2.36. The molecule has 1 aromatic carbocycles. The molecular weight excluding hydrogens is 345 g/mol. The third-order valence-corrected chi connectivity index (χ3v) is 3.99. The van der Waals surface area contributed by atoms with Gasteiger partial charge < -0.3 is 10.6 Å². The van der Waals surface area contributed by atoms with Crippen molar-refractivity contribution in [1.82, 2.24) is 5.32 Å². The molecule has 0 radical (unpaired) electrons. The summed E-state index contributed by atoms with van der Waals surface area (Å²) in [5.41, 5.74) is -1.29. The molecule has 1 aliphatic rings. The van der Waals surface area contributed by atoms with Crippen LogP contribution in [0.2, 0.25) is 0 Å². The van der Waals surface area contributed by atoms with Crippen LogP contribution in [0.1, 0.15) is 18.9 Å². The monoisotopic (exact) mass is 358 g/mol. The number of hydrogen-bond acceptors (Lipinski definition) is 5. The Morgan fingerprint density at radius 2 is 2.12 bits per heavy atom. The fraction of sp³-hybridized carbons (Fsp3) is 0.286. The van der Waals surface area contributed by atoms with Crippen molar-refractivity contribution in [2.75, 3.05) is 5.32 Å². The highest BCUT2D eigenvalue weighted by molar-refractivity contribution is 8.15. The minimum atomic E-state index is -4.58. The number of anilines is 1. The number of rotatable bonds is 4. The molecule has 0 aromatic heterocycles. The van der Waals surface area contributed by atoms with Gasteiger partial charge >= 0.3 is 6.18 Å². The Morgan fingerprint density at radius 3 is 2.79 bits per heavy atom. The zero-order chi connectivity index (χ0) is 17.7. The first-order chi connectivity index (χ1) is 11.3. The third kappa shape index (κ3) is 4.57. The number of hydrogen-bond donors (Lipinski definition) is 2. The van der Waals surface area contributed by atoms with Gasteiger partial charge in [-0.15, -0.1) is 5.10 Å². The summed E-state index contributed by atoms with van der Waals surface area (Å²) in [5, 5.41) is 11.4. The van der Waals surface area contributed by atoms with Gasteiger partial charge in [0.2, 0.25) is 11.8 Å². The summed E-state index contributed by atoms with van der Waals surface area (Å²) in [7, 11) is 0. The maximum Gasteiger partial charge on any atom is 0.418 e. The largest absolute Gasteiger partial charge is 0.418 e. The van der Waals surface area contributed by atoms with Crippen LogP contribution < -0.4 is 10.6 Å². The predicted octanol–water partition coefficient (Wildman–Crippen LogP) is 2.63. The van der Waals surface area contributed by atoms with Gasteiger partial charge in [0.05, 0.1) is 11.3 Å². The van der Waals surface area contributed by atoms with Crippen molar-refractivity contribution in [3.05, 3.63) is 29.8 Å². The summed E-state index contributed by atoms with van der Waals surface area (Å²) in [6.45, 7) is 1.65. The maximum atomic E-state index is 12.9. The Balaban J connectivity index is 2.04. The Bertz CT molecular complexity index is 704. The van der Waals surface area contributed by atoms with E-state index in [1.807, 2.05) is 0 Å². The summed E-state index contributed by atoms with van der Waals surface area (Å²) in [6.07, 6.45) is -3.44. The van der Waals surface area contributed by atoms with Crippen molar-refractivity contribution >= 4 is 40.6 Å². The standard InChI is InChI=1S/C14H13F3N4O2S/c1-2-18-21-13-20-12(23)10(24-13)7-11(22)19-9-6-4-3-5-8(9)14(15,16)17/h2-6,10H,7H2,1H3,(H,19,22)(H,20,21,23)/b18-2+. The molecule has 1 fully saturated rings. The molecular formula is C14H13F3N4O2S. The summed E-state index contributed by atoms with van der Waals surface area (Å²) in [5.74, 6) is -1.14. The quantitative estimate of drug-likeness (QED) is 0.641. The van der Waals surface area contributed by atoms with E-state index in [9.17, 15) is 22.8 Å². The number of para-hydroxylation sites is 1. The average Bonchev–Trinajstić information content (AvgIpc) is 2.84. The second kappa shape index (κ2) is 7.47. The summed E-state index contributed by atoms with van der Waals surface area (Å²) >= 11 is 1.000. The minimum Gasteiger partial charge on any atom is -0.325 e. The van der Waals surface area contributed by atoms with Crippen molar-refractivity contribution in [2.24, 2.45) is 10.2 Å². The highest BCUT2D eigenvalue weighted by atomic mass is 32.2. The molecule has 0 bridgehead atoms. The second-order valence-corrected chi connectivity index (χ2v) is 5.86. The van der Waals surface area contributed by atoms with Gasteiger partial charge in [0.15, 0.2) is 5.17 Å². The number of amides is 2. The van der Waals surface area contributed by atoms with Crippen molar-refractivity contribution in [3.8, 4) is 0 Å². The molecule has 1 aliphatic heterocycles. The SMILES string of the molecule is C/C=N/N=C1/NC(=O)C(CC(=O)Nc2ccccc2C(F)(F)F)S1. The number of halogens is 3. The van der Waals surface area contributed by atoms with Crippen LogP contribution in [0.15, 0.2) is 34.5 Å². The molecule has 6 nitrogen and oxygen atoms in total. The van der Waals surface area contributed by atoms with Crippen LogP contribution in [0.25, 0.3) is 0 Å². The van der Waals surface area contributed by atoms with Gasteiger partial charge in [-0.3, -0.25) is 9.59 Å². The number of carbonyl (C=O) groups excluding carboxylic acids is 2. The van der Waals surface area contributed by atoms with Gasteiger partial charge in [-0.2, -0.15) is 18.3 Å². The third-order valence-electron chi connectivity index (χ3n) is 2.92. The molecule has 1 heterocycles. The molecule has 24 heavy (non-hydrogen) atoms. The molecule has 10 heteroatoms. The predicted molar refractivity (Wildman–Crippen MR) is 85.8 cm³/mol. The van der Waals surface area contributed by atoms with Crippen LogP contribution >= 0.6 is 11.8 Å². The molecule has 0 aliphatic carbocycles. The maximum absolute atomic E-state index is 12.9. The molecule has 0 saturated carbocycles. The average molecular weight is 358 g/mol. The van der Waals surface area contributed by atoms with Crippen LogP contribution in [0.3, 0.4) is 0 Å². The van der Waals surface area contributed by atoms with Crippen LogP contribution in [-0.4, -0.2) is 28.4 Å². The first-order valence-corrected chi connectivity index (χ1v) is 7.68. The van der Waals surface area contributed by atoms with E-state index >= 15 is 0 Å². The fourth-order valence-electron chi connectivity index (χ4n) is 1.91. The van der Waals surface area contributed by atoms with Crippen LogP contribution in [0, 0.1) is 0 Å². The minimum absolute atomic E-state index is 0.242. The van der Waals surface area contributed by atoms with E-state index in [4.69, 9.17) is 0 Å². The molecule has 128 valence electrons. The number of thioether (sulfide) groups is 1. The topological polar surface area (TPSA) is 82.9 Å². The van der Waals surface area contributed by atoms with Crippen LogP contribution in [0.4, 0.5) is 18.9 Å². The fourth-order valence-corrected chi connectivity index (χ4v) is 2.83. The molecule has 2 amide bonds. The molecule has 1 unspecified atom stereocenters. The van der Waals surface area contributed by atoms with E-state index < -0.39 is 28.8 Å². The van der Waals surface area contributed by atoms with Gasteiger partial charge in [-0.05, 0) is 19.1 Å². The molecule has 1 aromatic rings. The lowest BCUT2D eigenvalue weighted by Crippen LogP contribution is -2.28. The van der Waals surface area contributed by atoms with E-state index in [1.165, 1.54) is 18.3 Å². The number of nitrogens with zero attached hydrogens (tertiary/aromatic N) is 2. The van der Waals surface area contributed by atoms with Gasteiger partial charge in [0.25, 0.3) is 0 Å². The Kier molecular flexibility index (Phi) is 5.60. The lowest BCUT2D eigenvalue weighted by molar-refractivity contribution is -0.137. The smallest absolute Gasteiger partial charge is 0.325 e. The number of benzene rings is 1.